The van der Waals surface area contributed by atoms with Crippen LogP contribution in [0.15, 0.2) is 10.9 Å². The number of hydrogen-bond donors (Lipinski definition) is 2. The molecule has 1 aromatic heterocycles. The van der Waals surface area contributed by atoms with E-state index in [1.54, 1.807) is 4.90 Å². The molecule has 0 spiro atoms. The van der Waals surface area contributed by atoms with Crippen molar-refractivity contribution in [2.24, 2.45) is 5.41 Å². The molecule has 2 fully saturated rings. The molecule has 2 aliphatic heterocycles. The average molecular weight is 380 g/mol. The summed E-state index contributed by atoms with van der Waals surface area (Å²) in [7, 11) is 0. The van der Waals surface area contributed by atoms with Gasteiger partial charge in [-0.1, -0.05) is 13.8 Å². The summed E-state index contributed by atoms with van der Waals surface area (Å²) in [5.74, 6) is -0.246. The number of carbonyl (C=O) groups excluding carboxylic acids is 2. The van der Waals surface area contributed by atoms with E-state index in [0.29, 0.717) is 49.3 Å². The van der Waals surface area contributed by atoms with Crippen LogP contribution in [-0.2, 0) is 6.42 Å². The number of hydrogen-bond acceptors (Lipinski definition) is 4. The van der Waals surface area contributed by atoms with Gasteiger partial charge in [-0.15, -0.1) is 12.4 Å². The van der Waals surface area contributed by atoms with E-state index in [-0.39, 0.29) is 40.6 Å². The van der Waals surface area contributed by atoms with Crippen molar-refractivity contribution < 1.29 is 9.59 Å². The molecular weight excluding hydrogens is 354 g/mol. The first-order valence-electron chi connectivity index (χ1n) is 9.17. The maximum Gasteiger partial charge on any atom is 0.261 e. The molecule has 142 valence electrons. The van der Waals surface area contributed by atoms with Crippen molar-refractivity contribution in [2.45, 2.75) is 58.0 Å². The minimum atomic E-state index is -0.378. The number of Topliss-reactive ketones (excluding diaryl/α,β-unsaturated/α-hetero) is 1. The molecule has 2 atom stereocenters. The van der Waals surface area contributed by atoms with Gasteiger partial charge >= 0.3 is 0 Å². The second-order valence-corrected chi connectivity index (χ2v) is 8.52. The SMILES string of the molecule is CC1(C)CC(=O)c2cc(C(=O)N3CCC4CCC(C3)N4)c(=O)[nH]c2C1.Cl. The first-order valence-corrected chi connectivity index (χ1v) is 9.17. The van der Waals surface area contributed by atoms with Crippen LogP contribution < -0.4 is 10.9 Å². The molecule has 3 aliphatic rings. The van der Waals surface area contributed by atoms with Gasteiger partial charge in [0.25, 0.3) is 11.5 Å². The molecule has 2 saturated heterocycles. The number of carbonyl (C=O) groups is 2. The van der Waals surface area contributed by atoms with Crippen LogP contribution in [-0.4, -0.2) is 46.7 Å². The lowest BCUT2D eigenvalue weighted by atomic mass is 9.75. The summed E-state index contributed by atoms with van der Waals surface area (Å²) < 4.78 is 0. The minimum Gasteiger partial charge on any atom is -0.337 e. The number of halogens is 1. The van der Waals surface area contributed by atoms with Crippen molar-refractivity contribution in [3.8, 4) is 0 Å². The lowest BCUT2D eigenvalue weighted by Crippen LogP contribution is -2.41. The molecule has 4 rings (SSSR count). The summed E-state index contributed by atoms with van der Waals surface area (Å²) >= 11 is 0. The number of amides is 1. The van der Waals surface area contributed by atoms with Gasteiger partial charge in [-0.3, -0.25) is 14.4 Å². The summed E-state index contributed by atoms with van der Waals surface area (Å²) in [6.45, 7) is 5.33. The second-order valence-electron chi connectivity index (χ2n) is 8.52. The number of likely N-dealkylation sites (tertiary alicyclic amines) is 1. The van der Waals surface area contributed by atoms with Crippen LogP contribution in [0.1, 0.15) is 65.9 Å². The van der Waals surface area contributed by atoms with Crippen molar-refractivity contribution in [2.75, 3.05) is 13.1 Å². The maximum atomic E-state index is 12.9. The number of aromatic amines is 1. The molecule has 2 unspecified atom stereocenters. The van der Waals surface area contributed by atoms with Crippen LogP contribution >= 0.6 is 12.4 Å². The quantitative estimate of drug-likeness (QED) is 0.781. The second kappa shape index (κ2) is 6.82. The van der Waals surface area contributed by atoms with Crippen molar-refractivity contribution in [1.82, 2.24) is 15.2 Å². The Hall–Kier alpha value is -1.66. The molecule has 2 N–H and O–H groups in total. The van der Waals surface area contributed by atoms with Gasteiger partial charge in [0.15, 0.2) is 5.78 Å². The van der Waals surface area contributed by atoms with E-state index >= 15 is 0 Å². The van der Waals surface area contributed by atoms with Gasteiger partial charge in [-0.05, 0) is 37.2 Å². The molecule has 1 amide bonds. The Morgan fingerprint density at radius 3 is 2.65 bits per heavy atom. The van der Waals surface area contributed by atoms with Crippen LogP contribution in [0.3, 0.4) is 0 Å². The topological polar surface area (TPSA) is 82.3 Å². The van der Waals surface area contributed by atoms with E-state index in [9.17, 15) is 14.4 Å². The summed E-state index contributed by atoms with van der Waals surface area (Å²) in [5.41, 5.74) is 0.742. The molecule has 0 radical (unpaired) electrons. The predicted octanol–water partition coefficient (Wildman–Crippen LogP) is 1.92. The number of ketones is 1. The van der Waals surface area contributed by atoms with Crippen LogP contribution in [0.2, 0.25) is 0 Å². The zero-order chi connectivity index (χ0) is 17.8. The van der Waals surface area contributed by atoms with Gasteiger partial charge < -0.3 is 15.2 Å². The van der Waals surface area contributed by atoms with Gasteiger partial charge in [0.2, 0.25) is 0 Å². The van der Waals surface area contributed by atoms with Gasteiger partial charge in [-0.2, -0.15) is 0 Å². The van der Waals surface area contributed by atoms with Gasteiger partial charge in [0.05, 0.1) is 0 Å². The lowest BCUT2D eigenvalue weighted by Gasteiger charge is -2.30. The van der Waals surface area contributed by atoms with Crippen molar-refractivity contribution >= 4 is 24.1 Å². The van der Waals surface area contributed by atoms with Crippen LogP contribution in [0.4, 0.5) is 0 Å². The smallest absolute Gasteiger partial charge is 0.261 e. The number of nitrogens with zero attached hydrogens (tertiary/aromatic N) is 1. The Balaban J connectivity index is 0.00000196. The molecule has 3 heterocycles. The number of aromatic nitrogens is 1. The third kappa shape index (κ3) is 3.45. The Kier molecular flexibility index (Phi) is 5.01. The first-order chi connectivity index (χ1) is 11.8. The molecule has 26 heavy (non-hydrogen) atoms. The molecule has 6 nitrogen and oxygen atoms in total. The fraction of sp³-hybridized carbons (Fsp3) is 0.632. The Bertz CT molecular complexity index is 802. The normalized spacial score (nSPS) is 26.7. The van der Waals surface area contributed by atoms with E-state index in [1.165, 1.54) is 6.07 Å². The van der Waals surface area contributed by atoms with Crippen molar-refractivity contribution in [3.05, 3.63) is 33.2 Å². The molecular formula is C19H26ClN3O3. The van der Waals surface area contributed by atoms with Crippen LogP contribution in [0.5, 0.6) is 0 Å². The summed E-state index contributed by atoms with van der Waals surface area (Å²) in [4.78, 5) is 42.5. The van der Waals surface area contributed by atoms with E-state index < -0.39 is 0 Å². The summed E-state index contributed by atoms with van der Waals surface area (Å²) in [5, 5.41) is 3.54. The average Bonchev–Trinajstić information content (AvgIpc) is 2.84. The number of pyridine rings is 1. The molecule has 1 aliphatic carbocycles. The molecule has 7 heteroatoms. The third-order valence-electron chi connectivity index (χ3n) is 5.76. The maximum absolute atomic E-state index is 12.9. The van der Waals surface area contributed by atoms with E-state index in [1.807, 2.05) is 13.8 Å². The Labute approximate surface area is 159 Å². The first kappa shape index (κ1) is 19.1. The lowest BCUT2D eigenvalue weighted by molar-refractivity contribution is 0.0746. The molecule has 2 bridgehead atoms. The number of nitrogens with one attached hydrogen (secondary N) is 2. The highest BCUT2D eigenvalue weighted by molar-refractivity contribution is 6.02. The van der Waals surface area contributed by atoms with Gasteiger partial charge in [0.1, 0.15) is 5.56 Å². The molecule has 0 saturated carbocycles. The Morgan fingerprint density at radius 2 is 1.88 bits per heavy atom. The van der Waals surface area contributed by atoms with Gasteiger partial charge in [-0.25, -0.2) is 0 Å². The van der Waals surface area contributed by atoms with E-state index in [2.05, 4.69) is 10.3 Å². The molecule has 1 aromatic rings. The predicted molar refractivity (Wildman–Crippen MR) is 101 cm³/mol. The Morgan fingerprint density at radius 1 is 1.15 bits per heavy atom. The zero-order valence-corrected chi connectivity index (χ0v) is 16.1. The number of rotatable bonds is 1. The molecule has 0 aromatic carbocycles. The van der Waals surface area contributed by atoms with E-state index in [0.717, 1.165) is 19.3 Å². The highest BCUT2D eigenvalue weighted by Crippen LogP contribution is 2.33. The highest BCUT2D eigenvalue weighted by atomic mass is 35.5. The van der Waals surface area contributed by atoms with Gasteiger partial charge in [0, 0.05) is 42.9 Å². The summed E-state index contributed by atoms with van der Waals surface area (Å²) in [6.07, 6.45) is 4.24. The zero-order valence-electron chi connectivity index (χ0n) is 15.3. The van der Waals surface area contributed by atoms with Crippen LogP contribution in [0, 0.1) is 5.41 Å². The van der Waals surface area contributed by atoms with E-state index in [4.69, 9.17) is 0 Å². The van der Waals surface area contributed by atoms with Crippen LogP contribution in [0.25, 0.3) is 0 Å². The minimum absolute atomic E-state index is 0. The standard InChI is InChI=1S/C19H25N3O3.ClH/c1-19(2)8-15-13(16(23)9-19)7-14(17(24)21-15)18(25)22-6-5-11-3-4-12(10-22)20-11;/h7,11-12,20H,3-6,8-10H2,1-2H3,(H,21,24);1H. The van der Waals surface area contributed by atoms with Crippen molar-refractivity contribution in [3.63, 3.8) is 0 Å². The summed E-state index contributed by atoms with van der Waals surface area (Å²) in [6, 6.07) is 2.33. The monoisotopic (exact) mass is 379 g/mol. The third-order valence-corrected chi connectivity index (χ3v) is 5.76. The number of fused-ring (bicyclic) bond motifs is 3. The number of H-pyrrole nitrogens is 1. The highest BCUT2D eigenvalue weighted by Gasteiger charge is 2.35. The fourth-order valence-corrected chi connectivity index (χ4v) is 4.48. The largest absolute Gasteiger partial charge is 0.337 e. The fourth-order valence-electron chi connectivity index (χ4n) is 4.48. The van der Waals surface area contributed by atoms with Crippen molar-refractivity contribution in [1.29, 1.82) is 0 Å².